The summed E-state index contributed by atoms with van der Waals surface area (Å²) >= 11 is 4.92. The van der Waals surface area contributed by atoms with Crippen molar-refractivity contribution in [1.82, 2.24) is 10.3 Å². The largest absolute Gasteiger partial charge is 0.469 e. The number of aromatic amines is 1. The molecule has 1 aromatic carbocycles. The molecular weight excluding hydrogens is 316 g/mol. The fourth-order valence-corrected chi connectivity index (χ4v) is 2.72. The lowest BCUT2D eigenvalue weighted by Crippen LogP contribution is -2.43. The number of ether oxygens (including phenoxy) is 1. The van der Waals surface area contributed by atoms with Crippen LogP contribution in [0.1, 0.15) is 37.0 Å². The van der Waals surface area contributed by atoms with E-state index in [1.54, 1.807) is 18.2 Å². The van der Waals surface area contributed by atoms with E-state index in [0.29, 0.717) is 24.0 Å². The van der Waals surface area contributed by atoms with Crippen LogP contribution < -0.4 is 5.32 Å². The van der Waals surface area contributed by atoms with Crippen molar-refractivity contribution in [3.63, 3.8) is 0 Å². The number of amides is 1. The second kappa shape index (κ2) is 6.95. The Labute approximate surface area is 139 Å². The maximum Gasteiger partial charge on any atom is 0.313 e. The number of carbonyl (C=O) groups excluding carboxylic acids is 2. The topological polar surface area (TPSA) is 84.3 Å². The quantitative estimate of drug-likeness (QED) is 0.625. The lowest BCUT2D eigenvalue weighted by Gasteiger charge is -2.28. The van der Waals surface area contributed by atoms with Gasteiger partial charge < -0.3 is 19.5 Å². The van der Waals surface area contributed by atoms with E-state index >= 15 is 0 Å². The van der Waals surface area contributed by atoms with Gasteiger partial charge in [0.2, 0.25) is 0 Å². The van der Waals surface area contributed by atoms with Gasteiger partial charge in [-0.05, 0) is 43.3 Å². The van der Waals surface area contributed by atoms with Gasteiger partial charge in [0.25, 0.3) is 10.7 Å². The number of carbonyl (C=O) groups is 2. The van der Waals surface area contributed by atoms with E-state index in [1.165, 1.54) is 7.11 Å². The van der Waals surface area contributed by atoms with E-state index in [-0.39, 0.29) is 23.3 Å². The molecule has 0 radical (unpaired) electrons. The third kappa shape index (κ3) is 3.44. The molecule has 0 atom stereocenters. The van der Waals surface area contributed by atoms with Gasteiger partial charge in [0.05, 0.1) is 18.0 Å². The van der Waals surface area contributed by atoms with Crippen LogP contribution in [-0.2, 0) is 9.53 Å². The molecule has 0 fully saturated rings. The summed E-state index contributed by atoms with van der Waals surface area (Å²) in [6.45, 7) is 4.03. The minimum Gasteiger partial charge on any atom is -0.469 e. The van der Waals surface area contributed by atoms with E-state index in [4.69, 9.17) is 21.4 Å². The van der Waals surface area contributed by atoms with E-state index < -0.39 is 5.41 Å². The molecule has 2 aromatic rings. The monoisotopic (exact) mass is 336 g/mol. The van der Waals surface area contributed by atoms with Gasteiger partial charge in [-0.2, -0.15) is 0 Å². The summed E-state index contributed by atoms with van der Waals surface area (Å²) in [6.07, 6.45) is 1.17. The average molecular weight is 336 g/mol. The highest BCUT2D eigenvalue weighted by Gasteiger charge is 2.36. The SMILES string of the molecule is CCC(CC)(CNC(=O)c1ccc2[nH]c(=S)oc2c1)C(=O)OC. The highest BCUT2D eigenvalue weighted by molar-refractivity contribution is 7.71. The maximum atomic E-state index is 12.3. The number of hydrogen-bond donors (Lipinski definition) is 2. The number of H-pyrrole nitrogens is 1. The van der Waals surface area contributed by atoms with Gasteiger partial charge in [-0.25, -0.2) is 0 Å². The Bertz CT molecular complexity index is 774. The average Bonchev–Trinajstić information content (AvgIpc) is 2.94. The predicted molar refractivity (Wildman–Crippen MR) is 88.8 cm³/mol. The van der Waals surface area contributed by atoms with Crippen LogP contribution in [0.2, 0.25) is 0 Å². The fraction of sp³-hybridized carbons (Fsp3) is 0.438. The third-order valence-corrected chi connectivity index (χ3v) is 4.43. The fourth-order valence-electron chi connectivity index (χ4n) is 2.52. The Balaban J connectivity index is 2.16. The summed E-state index contributed by atoms with van der Waals surface area (Å²) in [4.78, 5) is 27.5. The molecule has 0 saturated heterocycles. The van der Waals surface area contributed by atoms with Crippen LogP contribution in [0.25, 0.3) is 11.1 Å². The van der Waals surface area contributed by atoms with Gasteiger partial charge in [0.15, 0.2) is 5.58 Å². The number of benzene rings is 1. The Morgan fingerprint density at radius 2 is 2.04 bits per heavy atom. The molecule has 23 heavy (non-hydrogen) atoms. The standard InChI is InChI=1S/C16H20N2O4S/c1-4-16(5-2,14(20)21-3)9-17-13(19)10-6-7-11-12(8-10)22-15(23)18-11/h6-8H,4-5,9H2,1-3H3,(H,17,19)(H,18,23). The van der Waals surface area contributed by atoms with Crippen LogP contribution in [0.4, 0.5) is 0 Å². The van der Waals surface area contributed by atoms with Crippen molar-refractivity contribution < 1.29 is 18.7 Å². The van der Waals surface area contributed by atoms with Crippen LogP contribution in [-0.4, -0.2) is 30.5 Å². The van der Waals surface area contributed by atoms with Crippen LogP contribution in [0.5, 0.6) is 0 Å². The van der Waals surface area contributed by atoms with Gasteiger partial charge >= 0.3 is 5.97 Å². The van der Waals surface area contributed by atoms with Crippen LogP contribution in [0, 0.1) is 10.3 Å². The second-order valence-electron chi connectivity index (χ2n) is 5.39. The Morgan fingerprint density at radius 3 is 2.65 bits per heavy atom. The number of aromatic nitrogens is 1. The summed E-state index contributed by atoms with van der Waals surface area (Å²) in [7, 11) is 1.36. The lowest BCUT2D eigenvalue weighted by molar-refractivity contribution is -0.152. The molecule has 0 spiro atoms. The Morgan fingerprint density at radius 1 is 1.35 bits per heavy atom. The number of hydrogen-bond acceptors (Lipinski definition) is 5. The molecular formula is C16H20N2O4S. The number of oxazole rings is 1. The predicted octanol–water partition coefficient (Wildman–Crippen LogP) is 3.20. The van der Waals surface area contributed by atoms with E-state index in [0.717, 1.165) is 5.52 Å². The molecule has 0 saturated carbocycles. The van der Waals surface area contributed by atoms with E-state index in [1.807, 2.05) is 13.8 Å². The van der Waals surface area contributed by atoms with Crippen LogP contribution in [0.3, 0.4) is 0 Å². The zero-order valence-electron chi connectivity index (χ0n) is 13.4. The maximum absolute atomic E-state index is 12.3. The molecule has 0 unspecified atom stereocenters. The number of methoxy groups -OCH3 is 1. The van der Waals surface area contributed by atoms with E-state index in [9.17, 15) is 9.59 Å². The highest BCUT2D eigenvalue weighted by atomic mass is 32.1. The number of nitrogens with one attached hydrogen (secondary N) is 2. The Hall–Kier alpha value is -2.15. The van der Waals surface area contributed by atoms with Crippen LogP contribution in [0.15, 0.2) is 22.6 Å². The molecule has 0 aliphatic rings. The molecule has 1 heterocycles. The van der Waals surface area contributed by atoms with Gasteiger partial charge in [-0.15, -0.1) is 0 Å². The number of esters is 1. The minimum atomic E-state index is -0.708. The van der Waals surface area contributed by atoms with Crippen molar-refractivity contribution in [3.8, 4) is 0 Å². The highest BCUT2D eigenvalue weighted by Crippen LogP contribution is 2.27. The van der Waals surface area contributed by atoms with Gasteiger partial charge in [-0.3, -0.25) is 9.59 Å². The van der Waals surface area contributed by atoms with Gasteiger partial charge in [0.1, 0.15) is 0 Å². The van der Waals surface area contributed by atoms with Gasteiger partial charge in [0, 0.05) is 12.1 Å². The summed E-state index contributed by atoms with van der Waals surface area (Å²) in [6, 6.07) is 5.03. The normalized spacial score (nSPS) is 11.4. The van der Waals surface area contributed by atoms with Crippen molar-refractivity contribution in [3.05, 3.63) is 28.6 Å². The van der Waals surface area contributed by atoms with E-state index in [2.05, 4.69) is 10.3 Å². The second-order valence-corrected chi connectivity index (χ2v) is 5.76. The molecule has 2 rings (SSSR count). The summed E-state index contributed by atoms with van der Waals surface area (Å²) in [5.41, 5.74) is 0.993. The molecule has 0 bridgehead atoms. The molecule has 7 heteroatoms. The van der Waals surface area contributed by atoms with Crippen LogP contribution >= 0.6 is 12.2 Å². The molecule has 2 N–H and O–H groups in total. The zero-order valence-corrected chi connectivity index (χ0v) is 14.2. The third-order valence-electron chi connectivity index (χ3n) is 4.24. The lowest BCUT2D eigenvalue weighted by atomic mass is 9.82. The minimum absolute atomic E-state index is 0.222. The van der Waals surface area contributed by atoms with Gasteiger partial charge in [-0.1, -0.05) is 13.8 Å². The first-order valence-electron chi connectivity index (χ1n) is 7.45. The number of rotatable bonds is 6. The van der Waals surface area contributed by atoms with Crippen molar-refractivity contribution in [2.24, 2.45) is 5.41 Å². The van der Waals surface area contributed by atoms with Crippen molar-refractivity contribution in [2.75, 3.05) is 13.7 Å². The number of fused-ring (bicyclic) bond motifs is 1. The van der Waals surface area contributed by atoms with Crippen molar-refractivity contribution in [2.45, 2.75) is 26.7 Å². The first-order chi connectivity index (χ1) is 11.0. The first-order valence-corrected chi connectivity index (χ1v) is 7.86. The molecule has 0 aliphatic heterocycles. The van der Waals surface area contributed by atoms with Crippen molar-refractivity contribution >= 4 is 35.2 Å². The summed E-state index contributed by atoms with van der Waals surface area (Å²) < 4.78 is 10.2. The first kappa shape index (κ1) is 17.2. The molecule has 6 nitrogen and oxygen atoms in total. The smallest absolute Gasteiger partial charge is 0.313 e. The molecule has 1 aromatic heterocycles. The summed E-state index contributed by atoms with van der Waals surface area (Å²) in [5, 5.41) is 2.81. The molecule has 1 amide bonds. The van der Waals surface area contributed by atoms with Crippen molar-refractivity contribution in [1.29, 1.82) is 0 Å². The molecule has 124 valence electrons. The molecule has 0 aliphatic carbocycles. The Kier molecular flexibility index (Phi) is 5.20. The zero-order chi connectivity index (χ0) is 17.0. The summed E-state index contributed by atoms with van der Waals surface area (Å²) in [5.74, 6) is -0.584.